The first-order valence-corrected chi connectivity index (χ1v) is 4.94. The van der Waals surface area contributed by atoms with E-state index in [4.69, 9.17) is 0 Å². The fourth-order valence-corrected chi connectivity index (χ4v) is 2.04. The monoisotopic (exact) mass is 378 g/mol. The number of hydrogen-bond acceptors (Lipinski definition) is 0. The van der Waals surface area contributed by atoms with Gasteiger partial charge in [0, 0.05) is 0 Å². The van der Waals surface area contributed by atoms with Crippen LogP contribution < -0.4 is 0 Å². The first-order chi connectivity index (χ1) is 6.93. The predicted octanol–water partition coefficient (Wildman–Crippen LogP) is 3.64. The van der Waals surface area contributed by atoms with Crippen molar-refractivity contribution in [2.75, 3.05) is 0 Å². The first-order valence-electron chi connectivity index (χ1n) is 4.94. The third-order valence-electron chi connectivity index (χ3n) is 2.80. The summed E-state index contributed by atoms with van der Waals surface area (Å²) in [5.74, 6) is 0. The van der Waals surface area contributed by atoms with Crippen LogP contribution in [-0.2, 0) is 27.5 Å². The zero-order chi connectivity index (χ0) is 9.38. The summed E-state index contributed by atoms with van der Waals surface area (Å²) in [6, 6.07) is 17.2. The second-order valence-corrected chi connectivity index (χ2v) is 3.72. The molecular weight excluding hydrogens is 364 g/mol. The second kappa shape index (κ2) is 5.36. The van der Waals surface area contributed by atoms with E-state index in [2.05, 4.69) is 55.0 Å². The van der Waals surface area contributed by atoms with Gasteiger partial charge in [-0.3, -0.25) is 0 Å². The Bertz CT molecular complexity index is 387. The van der Waals surface area contributed by atoms with Crippen molar-refractivity contribution >= 4 is 0 Å². The van der Waals surface area contributed by atoms with E-state index in [-0.39, 0.29) is 28.5 Å². The molecule has 0 bridgehead atoms. The number of rotatable bonds is 0. The van der Waals surface area contributed by atoms with Crippen LogP contribution in [0.4, 0.5) is 0 Å². The van der Waals surface area contributed by atoms with Crippen molar-refractivity contribution in [2.24, 2.45) is 0 Å². The van der Waals surface area contributed by atoms with Crippen molar-refractivity contribution in [1.82, 2.24) is 0 Å². The number of fused-ring (bicyclic) bond motifs is 2. The smallest absolute Gasteiger partial charge is 0.358 e. The average molecular weight is 378 g/mol. The third-order valence-corrected chi connectivity index (χ3v) is 2.80. The molecule has 1 aliphatic rings. The van der Waals surface area contributed by atoms with E-state index in [1.807, 2.05) is 0 Å². The molecule has 0 nitrogen and oxygen atoms in total. The molecule has 2 aromatic carbocycles. The van der Waals surface area contributed by atoms with Crippen LogP contribution in [0, 0.1) is 13.8 Å². The van der Waals surface area contributed by atoms with Gasteiger partial charge in [0.15, 0.2) is 0 Å². The van der Waals surface area contributed by atoms with Gasteiger partial charge in [0.2, 0.25) is 0 Å². The standard InChI is InChI=1S/C14H11.CH3.W/c1-2-6-12-10-14-8-4-3-7-13(14)9-11(12)5-1;;/h1-9H,10H2;1H3;/q2*-1;+2. The molecule has 0 spiro atoms. The minimum Gasteiger partial charge on any atom is -0.358 e. The van der Waals surface area contributed by atoms with Crippen molar-refractivity contribution in [2.45, 2.75) is 6.42 Å². The number of benzene rings is 2. The van der Waals surface area contributed by atoms with Crippen LogP contribution in [0.1, 0.15) is 22.3 Å². The van der Waals surface area contributed by atoms with Gasteiger partial charge in [-0.1, -0.05) is 42.8 Å². The minimum atomic E-state index is 0. The van der Waals surface area contributed by atoms with Crippen LogP contribution in [0.15, 0.2) is 48.5 Å². The molecule has 0 saturated carbocycles. The van der Waals surface area contributed by atoms with Gasteiger partial charge in [-0.2, -0.15) is 0 Å². The fraction of sp³-hybridized carbons (Fsp3) is 0.0667. The fourth-order valence-electron chi connectivity index (χ4n) is 2.04. The zero-order valence-corrected chi connectivity index (χ0v) is 12.2. The topological polar surface area (TPSA) is 0 Å². The quantitative estimate of drug-likeness (QED) is 0.524. The second-order valence-electron chi connectivity index (χ2n) is 3.72. The maximum Gasteiger partial charge on any atom is 2.00 e. The summed E-state index contributed by atoms with van der Waals surface area (Å²) < 4.78 is 0. The molecule has 3 rings (SSSR count). The zero-order valence-electron chi connectivity index (χ0n) is 9.31. The van der Waals surface area contributed by atoms with Gasteiger partial charge in [-0.15, -0.1) is 40.8 Å². The summed E-state index contributed by atoms with van der Waals surface area (Å²) >= 11 is 0. The summed E-state index contributed by atoms with van der Waals surface area (Å²) in [6.07, 6.45) is 3.34. The Labute approximate surface area is 112 Å². The predicted molar refractivity (Wildman–Crippen MR) is 64.6 cm³/mol. The maximum atomic E-state index is 2.27. The van der Waals surface area contributed by atoms with Gasteiger partial charge >= 0.3 is 21.1 Å². The Morgan fingerprint density at radius 3 is 1.69 bits per heavy atom. The third kappa shape index (κ3) is 2.23. The van der Waals surface area contributed by atoms with Gasteiger partial charge in [0.1, 0.15) is 0 Å². The van der Waals surface area contributed by atoms with E-state index >= 15 is 0 Å². The molecule has 0 N–H and O–H groups in total. The Kier molecular flexibility index (Phi) is 4.38. The summed E-state index contributed by atoms with van der Waals surface area (Å²) in [7, 11) is 0. The molecule has 0 aromatic heterocycles. The van der Waals surface area contributed by atoms with Crippen molar-refractivity contribution in [3.8, 4) is 0 Å². The molecule has 16 heavy (non-hydrogen) atoms. The Balaban J connectivity index is 0.000000640. The molecule has 0 fully saturated rings. The van der Waals surface area contributed by atoms with Gasteiger partial charge in [-0.25, -0.2) is 0 Å². The first kappa shape index (κ1) is 13.1. The van der Waals surface area contributed by atoms with Crippen molar-refractivity contribution < 1.29 is 21.1 Å². The number of hydrogen-bond donors (Lipinski definition) is 0. The summed E-state index contributed by atoms with van der Waals surface area (Å²) in [5.41, 5.74) is 5.61. The van der Waals surface area contributed by atoms with E-state index in [0.29, 0.717) is 0 Å². The van der Waals surface area contributed by atoms with Crippen LogP contribution in [0.2, 0.25) is 0 Å². The Morgan fingerprint density at radius 2 is 1.19 bits per heavy atom. The Morgan fingerprint density at radius 1 is 0.750 bits per heavy atom. The van der Waals surface area contributed by atoms with Gasteiger partial charge in [-0.05, 0) is 0 Å². The van der Waals surface area contributed by atoms with E-state index < -0.39 is 0 Å². The van der Waals surface area contributed by atoms with Crippen LogP contribution in [0.3, 0.4) is 0 Å². The molecule has 80 valence electrons. The molecule has 0 unspecified atom stereocenters. The molecule has 0 atom stereocenters. The molecule has 0 radical (unpaired) electrons. The van der Waals surface area contributed by atoms with Crippen molar-refractivity contribution in [3.05, 3.63) is 84.6 Å². The van der Waals surface area contributed by atoms with Crippen LogP contribution >= 0.6 is 0 Å². The van der Waals surface area contributed by atoms with Crippen LogP contribution in [0.25, 0.3) is 0 Å². The van der Waals surface area contributed by atoms with Crippen LogP contribution in [-0.4, -0.2) is 0 Å². The van der Waals surface area contributed by atoms with E-state index in [1.165, 1.54) is 22.3 Å². The Hall–Kier alpha value is -1.00. The molecule has 0 heterocycles. The summed E-state index contributed by atoms with van der Waals surface area (Å²) in [6.45, 7) is 0. The largest absolute Gasteiger partial charge is 2.00 e. The van der Waals surface area contributed by atoms with E-state index in [1.54, 1.807) is 0 Å². The molecule has 0 amide bonds. The molecule has 0 aliphatic heterocycles. The van der Waals surface area contributed by atoms with Gasteiger partial charge < -0.3 is 7.43 Å². The molecule has 0 saturated heterocycles. The summed E-state index contributed by atoms with van der Waals surface area (Å²) in [5, 5.41) is 0. The maximum absolute atomic E-state index is 2.27. The SMILES string of the molecule is [CH3-].[W+2].c1ccc2c(c1)[CH-]c1ccccc1C2. The minimum absolute atomic E-state index is 0. The molecular formula is C15H14W. The van der Waals surface area contributed by atoms with E-state index in [0.717, 1.165) is 6.42 Å². The van der Waals surface area contributed by atoms with Crippen molar-refractivity contribution in [1.29, 1.82) is 0 Å². The van der Waals surface area contributed by atoms with Gasteiger partial charge in [0.25, 0.3) is 0 Å². The van der Waals surface area contributed by atoms with Crippen LogP contribution in [0.5, 0.6) is 0 Å². The molecule has 1 aliphatic carbocycles. The average Bonchev–Trinajstić information content (AvgIpc) is 2.26. The molecule has 2 aromatic rings. The van der Waals surface area contributed by atoms with Gasteiger partial charge in [0.05, 0.1) is 0 Å². The van der Waals surface area contributed by atoms with E-state index in [9.17, 15) is 0 Å². The molecule has 1 heteroatoms. The van der Waals surface area contributed by atoms with Crippen molar-refractivity contribution in [3.63, 3.8) is 0 Å². The normalized spacial score (nSPS) is 11.0. The summed E-state index contributed by atoms with van der Waals surface area (Å²) in [4.78, 5) is 0.